The van der Waals surface area contributed by atoms with E-state index < -0.39 is 5.82 Å². The average Bonchev–Trinajstić information content (AvgIpc) is 2.47. The number of nitrogens with zero attached hydrogens (tertiary/aromatic N) is 2. The third-order valence-corrected chi connectivity index (χ3v) is 3.92. The predicted molar refractivity (Wildman–Crippen MR) is 93.9 cm³/mol. The molecule has 0 aromatic heterocycles. The van der Waals surface area contributed by atoms with Crippen LogP contribution < -0.4 is 5.32 Å². The normalized spacial score (nSPS) is 16.1. The Bertz CT molecular complexity index is 543. The summed E-state index contributed by atoms with van der Waals surface area (Å²) in [7, 11) is 0. The minimum Gasteiger partial charge on any atom is -0.506 e. The molecule has 1 saturated heterocycles. The zero-order valence-corrected chi connectivity index (χ0v) is 15.0. The fraction of sp³-hybridized carbons (Fsp3) is 0.562. The highest BCUT2D eigenvalue weighted by molar-refractivity contribution is 5.85. The first-order valence-corrected chi connectivity index (χ1v) is 7.40. The molecule has 2 rings (SSSR count). The first kappa shape index (κ1) is 21.9. The number of nitrogens with one attached hydrogen (secondary N) is 1. The Kier molecular flexibility index (Phi) is 9.48. The summed E-state index contributed by atoms with van der Waals surface area (Å²) in [4.78, 5) is 2.30. The lowest BCUT2D eigenvalue weighted by molar-refractivity contribution is 0.151. The van der Waals surface area contributed by atoms with Crippen molar-refractivity contribution in [1.29, 1.82) is 5.26 Å². The van der Waals surface area contributed by atoms with Gasteiger partial charge in [0.05, 0.1) is 0 Å². The largest absolute Gasteiger partial charge is 0.506 e. The molecule has 1 fully saturated rings. The van der Waals surface area contributed by atoms with Crippen LogP contribution in [-0.4, -0.2) is 36.2 Å². The van der Waals surface area contributed by atoms with Gasteiger partial charge < -0.3 is 10.4 Å². The third-order valence-electron chi connectivity index (χ3n) is 3.92. The number of benzene rings is 1. The van der Waals surface area contributed by atoms with Crippen molar-refractivity contribution in [2.24, 2.45) is 5.92 Å². The van der Waals surface area contributed by atoms with E-state index in [1.165, 1.54) is 6.07 Å². The van der Waals surface area contributed by atoms with Gasteiger partial charge >= 0.3 is 0 Å². The fourth-order valence-electron chi connectivity index (χ4n) is 2.87. The molecule has 130 valence electrons. The first-order chi connectivity index (χ1) is 10.0. The molecule has 0 unspecified atom stereocenters. The molecule has 0 radical (unpaired) electrons. The fourth-order valence-corrected chi connectivity index (χ4v) is 2.87. The number of rotatable bonds is 4. The molecule has 7 heteroatoms. The molecule has 1 aromatic rings. The van der Waals surface area contributed by atoms with Gasteiger partial charge in [-0.15, -0.1) is 24.8 Å². The Labute approximate surface area is 149 Å². The summed E-state index contributed by atoms with van der Waals surface area (Å²) in [5.41, 5.74) is 0.403. The highest BCUT2D eigenvalue weighted by atomic mass is 35.5. The number of hydrogen-bond acceptors (Lipinski definition) is 4. The van der Waals surface area contributed by atoms with E-state index >= 15 is 0 Å². The smallest absolute Gasteiger partial charge is 0.144 e. The van der Waals surface area contributed by atoms with Crippen molar-refractivity contribution in [1.82, 2.24) is 10.2 Å². The summed E-state index contributed by atoms with van der Waals surface area (Å²) in [5.74, 6) is -0.427. The molecule has 1 heterocycles. The molecule has 0 amide bonds. The molecule has 4 nitrogen and oxygen atoms in total. The van der Waals surface area contributed by atoms with Gasteiger partial charge in [0.2, 0.25) is 0 Å². The van der Waals surface area contributed by atoms with E-state index in [-0.39, 0.29) is 42.2 Å². The lowest BCUT2D eigenvalue weighted by Gasteiger charge is -2.36. The molecule has 1 aromatic carbocycles. The summed E-state index contributed by atoms with van der Waals surface area (Å²) >= 11 is 0. The number of piperazine rings is 1. The molecule has 2 N–H and O–H groups in total. The summed E-state index contributed by atoms with van der Waals surface area (Å²) in [5, 5.41) is 22.6. The lowest BCUT2D eigenvalue weighted by atomic mass is 9.93. The Morgan fingerprint density at radius 3 is 2.43 bits per heavy atom. The van der Waals surface area contributed by atoms with Crippen molar-refractivity contribution >= 4 is 24.8 Å². The Morgan fingerprint density at radius 1 is 1.30 bits per heavy atom. The number of phenolic OH excluding ortho intramolecular Hbond substituents is 1. The zero-order chi connectivity index (χ0) is 15.4. The maximum atomic E-state index is 13.6. The van der Waals surface area contributed by atoms with Crippen LogP contribution in [0.5, 0.6) is 5.75 Å². The first-order valence-electron chi connectivity index (χ1n) is 7.40. The van der Waals surface area contributed by atoms with Crippen LogP contribution in [0.2, 0.25) is 0 Å². The second kappa shape index (κ2) is 9.94. The molecule has 23 heavy (non-hydrogen) atoms. The van der Waals surface area contributed by atoms with E-state index in [0.29, 0.717) is 11.5 Å². The quantitative estimate of drug-likeness (QED) is 0.861. The van der Waals surface area contributed by atoms with Gasteiger partial charge in [-0.3, -0.25) is 4.90 Å². The maximum Gasteiger partial charge on any atom is 0.144 e. The van der Waals surface area contributed by atoms with Crippen LogP contribution in [0.4, 0.5) is 4.39 Å². The number of aromatic hydroxyl groups is 1. The molecule has 0 spiro atoms. The summed E-state index contributed by atoms with van der Waals surface area (Å²) in [6.07, 6.45) is 0.865. The minimum absolute atomic E-state index is 0. The lowest BCUT2D eigenvalue weighted by Crippen LogP contribution is -2.45. The Balaban J connectivity index is 0.00000242. The zero-order valence-electron chi connectivity index (χ0n) is 13.4. The maximum absolute atomic E-state index is 13.6. The monoisotopic (exact) mass is 363 g/mol. The van der Waals surface area contributed by atoms with Crippen molar-refractivity contribution in [2.75, 3.05) is 26.2 Å². The van der Waals surface area contributed by atoms with Gasteiger partial charge in [0.1, 0.15) is 23.2 Å². The molecule has 1 atom stereocenters. The molecule has 1 aliphatic heterocycles. The van der Waals surface area contributed by atoms with E-state index in [4.69, 9.17) is 5.26 Å². The van der Waals surface area contributed by atoms with E-state index in [0.717, 1.165) is 32.6 Å². The molecule has 1 aliphatic rings. The van der Waals surface area contributed by atoms with Gasteiger partial charge in [-0.2, -0.15) is 5.26 Å². The standard InChI is InChI=1S/C16H22FN3O.2ClH/c1-11(2)9-15(20-7-5-19-6-8-20)12-3-4-14(17)13(10-18)16(12)21;;/h3-4,11,15,19,21H,5-9H2,1-2H3;2*1H/t15-;;/m1../s1. The highest BCUT2D eigenvalue weighted by Crippen LogP contribution is 2.36. The number of halogens is 3. The van der Waals surface area contributed by atoms with Crippen molar-refractivity contribution in [3.8, 4) is 11.8 Å². The molecule has 0 aliphatic carbocycles. The second-order valence-electron chi connectivity index (χ2n) is 5.90. The SMILES string of the molecule is CC(C)C[C@H](c1ccc(F)c(C#N)c1O)N1CCNCC1.Cl.Cl. The third kappa shape index (κ3) is 5.22. The van der Waals surface area contributed by atoms with Gasteiger partial charge in [-0.1, -0.05) is 19.9 Å². The molecular weight excluding hydrogens is 340 g/mol. The molecule has 0 saturated carbocycles. The topological polar surface area (TPSA) is 59.3 Å². The number of nitriles is 1. The van der Waals surface area contributed by atoms with Crippen LogP contribution in [0.3, 0.4) is 0 Å². The van der Waals surface area contributed by atoms with Gasteiger partial charge in [0.15, 0.2) is 0 Å². The summed E-state index contributed by atoms with van der Waals surface area (Å²) in [6, 6.07) is 4.67. The van der Waals surface area contributed by atoms with Crippen molar-refractivity contribution in [2.45, 2.75) is 26.3 Å². The van der Waals surface area contributed by atoms with E-state index in [1.807, 2.05) is 0 Å². The van der Waals surface area contributed by atoms with Crippen molar-refractivity contribution < 1.29 is 9.50 Å². The Hall–Kier alpha value is -1.06. The van der Waals surface area contributed by atoms with Crippen LogP contribution in [0.15, 0.2) is 12.1 Å². The minimum atomic E-state index is -0.664. The van der Waals surface area contributed by atoms with E-state index in [2.05, 4.69) is 24.1 Å². The molecular formula is C16H24Cl2FN3O. The van der Waals surface area contributed by atoms with Crippen LogP contribution >= 0.6 is 24.8 Å². The van der Waals surface area contributed by atoms with E-state index in [9.17, 15) is 9.50 Å². The van der Waals surface area contributed by atoms with Gasteiger partial charge in [-0.05, 0) is 18.4 Å². The van der Waals surface area contributed by atoms with Crippen LogP contribution in [0, 0.1) is 23.1 Å². The van der Waals surface area contributed by atoms with Crippen LogP contribution in [0.25, 0.3) is 0 Å². The predicted octanol–water partition coefficient (Wildman–Crippen LogP) is 3.24. The average molecular weight is 364 g/mol. The highest BCUT2D eigenvalue weighted by Gasteiger charge is 2.27. The number of hydrogen-bond donors (Lipinski definition) is 2. The van der Waals surface area contributed by atoms with Gasteiger partial charge in [0.25, 0.3) is 0 Å². The summed E-state index contributed by atoms with van der Waals surface area (Å²) in [6.45, 7) is 7.83. The van der Waals surface area contributed by atoms with Crippen LogP contribution in [0.1, 0.15) is 37.4 Å². The van der Waals surface area contributed by atoms with Crippen molar-refractivity contribution in [3.63, 3.8) is 0 Å². The van der Waals surface area contributed by atoms with E-state index in [1.54, 1.807) is 12.1 Å². The van der Waals surface area contributed by atoms with Crippen molar-refractivity contribution in [3.05, 3.63) is 29.1 Å². The van der Waals surface area contributed by atoms with Crippen LogP contribution in [-0.2, 0) is 0 Å². The Morgan fingerprint density at radius 2 is 1.91 bits per heavy atom. The summed E-state index contributed by atoms with van der Waals surface area (Å²) < 4.78 is 13.6. The number of phenols is 1. The van der Waals surface area contributed by atoms with Gasteiger partial charge in [0, 0.05) is 37.8 Å². The van der Waals surface area contributed by atoms with Gasteiger partial charge in [-0.25, -0.2) is 4.39 Å². The second-order valence-corrected chi connectivity index (χ2v) is 5.90. The molecule has 0 bridgehead atoms.